The van der Waals surface area contributed by atoms with Crippen molar-refractivity contribution in [3.63, 3.8) is 0 Å². The van der Waals surface area contributed by atoms with Crippen LogP contribution in [0.15, 0.2) is 0 Å². The first-order valence-corrected chi connectivity index (χ1v) is 6.31. The number of amides is 1. The standard InChI is InChI=1S/C12H22N2O2/c1-9(10-4-2-7-16-10)14-11(15)12(8-13)5-3-6-12/h9-10H,2-8,13H2,1H3,(H,14,15). The summed E-state index contributed by atoms with van der Waals surface area (Å²) < 4.78 is 5.57. The minimum absolute atomic E-state index is 0.110. The Morgan fingerprint density at radius 3 is 2.75 bits per heavy atom. The van der Waals surface area contributed by atoms with Crippen LogP contribution in [0.1, 0.15) is 39.0 Å². The van der Waals surface area contributed by atoms with E-state index < -0.39 is 0 Å². The van der Waals surface area contributed by atoms with Gasteiger partial charge in [0, 0.05) is 13.2 Å². The molecule has 0 spiro atoms. The SMILES string of the molecule is CC(NC(=O)C1(CN)CCC1)C1CCCO1. The van der Waals surface area contributed by atoms with Gasteiger partial charge in [-0.1, -0.05) is 6.42 Å². The summed E-state index contributed by atoms with van der Waals surface area (Å²) in [6, 6.07) is 0.110. The van der Waals surface area contributed by atoms with E-state index in [4.69, 9.17) is 10.5 Å². The number of hydrogen-bond donors (Lipinski definition) is 2. The fourth-order valence-electron chi connectivity index (χ4n) is 2.58. The molecule has 16 heavy (non-hydrogen) atoms. The lowest BCUT2D eigenvalue weighted by atomic mass is 9.68. The van der Waals surface area contributed by atoms with E-state index in [0.717, 1.165) is 38.7 Å². The van der Waals surface area contributed by atoms with E-state index in [1.165, 1.54) is 0 Å². The van der Waals surface area contributed by atoms with Crippen LogP contribution in [-0.2, 0) is 9.53 Å². The molecule has 2 atom stereocenters. The zero-order valence-electron chi connectivity index (χ0n) is 10.00. The number of ether oxygens (including phenoxy) is 1. The van der Waals surface area contributed by atoms with Crippen molar-refractivity contribution in [2.45, 2.75) is 51.2 Å². The van der Waals surface area contributed by atoms with Crippen molar-refractivity contribution < 1.29 is 9.53 Å². The van der Waals surface area contributed by atoms with Crippen molar-refractivity contribution in [1.82, 2.24) is 5.32 Å². The molecule has 1 aliphatic heterocycles. The number of carbonyl (C=O) groups is 1. The van der Waals surface area contributed by atoms with Gasteiger partial charge in [0.25, 0.3) is 0 Å². The van der Waals surface area contributed by atoms with Crippen molar-refractivity contribution >= 4 is 5.91 Å². The molecule has 3 N–H and O–H groups in total. The molecule has 4 nitrogen and oxygen atoms in total. The molecule has 1 aliphatic carbocycles. The van der Waals surface area contributed by atoms with Gasteiger partial charge < -0.3 is 15.8 Å². The monoisotopic (exact) mass is 226 g/mol. The molecule has 92 valence electrons. The van der Waals surface area contributed by atoms with Crippen molar-refractivity contribution in [2.24, 2.45) is 11.1 Å². The minimum Gasteiger partial charge on any atom is -0.376 e. The molecule has 4 heteroatoms. The molecule has 1 amide bonds. The van der Waals surface area contributed by atoms with Crippen LogP contribution in [0, 0.1) is 5.41 Å². The Hall–Kier alpha value is -0.610. The second-order valence-corrected chi connectivity index (χ2v) is 5.15. The molecule has 0 aromatic heterocycles. The quantitative estimate of drug-likeness (QED) is 0.745. The Bertz CT molecular complexity index is 252. The average molecular weight is 226 g/mol. The molecule has 0 radical (unpaired) electrons. The summed E-state index contributed by atoms with van der Waals surface area (Å²) in [5, 5.41) is 3.07. The molecule has 1 heterocycles. The fourth-order valence-corrected chi connectivity index (χ4v) is 2.58. The lowest BCUT2D eigenvalue weighted by Gasteiger charge is -2.40. The first-order chi connectivity index (χ1) is 7.68. The topological polar surface area (TPSA) is 64.4 Å². The lowest BCUT2D eigenvalue weighted by Crippen LogP contribution is -2.54. The van der Waals surface area contributed by atoms with Crippen molar-refractivity contribution in [1.29, 1.82) is 0 Å². The summed E-state index contributed by atoms with van der Waals surface area (Å²) in [4.78, 5) is 12.1. The first kappa shape index (κ1) is 11.9. The van der Waals surface area contributed by atoms with Crippen molar-refractivity contribution in [2.75, 3.05) is 13.2 Å². The summed E-state index contributed by atoms with van der Waals surface area (Å²) in [5.74, 6) is 0.129. The summed E-state index contributed by atoms with van der Waals surface area (Å²) in [6.07, 6.45) is 5.35. The van der Waals surface area contributed by atoms with Gasteiger partial charge in [-0.3, -0.25) is 4.79 Å². The molecule has 2 rings (SSSR count). The second kappa shape index (κ2) is 4.72. The third-order valence-corrected chi connectivity index (χ3v) is 4.06. The van der Waals surface area contributed by atoms with E-state index in [1.54, 1.807) is 0 Å². The molecule has 0 aromatic rings. The lowest BCUT2D eigenvalue weighted by molar-refractivity contribution is -0.136. The zero-order chi connectivity index (χ0) is 11.6. The van der Waals surface area contributed by atoms with E-state index in [2.05, 4.69) is 5.32 Å². The summed E-state index contributed by atoms with van der Waals surface area (Å²) in [5.41, 5.74) is 5.44. The minimum atomic E-state index is -0.271. The predicted octanol–water partition coefficient (Wildman–Crippen LogP) is 0.799. The van der Waals surface area contributed by atoms with E-state index in [1.807, 2.05) is 6.92 Å². The molecular formula is C12H22N2O2. The van der Waals surface area contributed by atoms with Gasteiger partial charge in [-0.25, -0.2) is 0 Å². The number of rotatable bonds is 4. The van der Waals surface area contributed by atoms with E-state index in [9.17, 15) is 4.79 Å². The number of nitrogens with two attached hydrogens (primary N) is 1. The van der Waals surface area contributed by atoms with Gasteiger partial charge in [0.05, 0.1) is 17.6 Å². The highest BCUT2D eigenvalue weighted by atomic mass is 16.5. The van der Waals surface area contributed by atoms with E-state index in [0.29, 0.717) is 6.54 Å². The van der Waals surface area contributed by atoms with Crippen molar-refractivity contribution in [3.8, 4) is 0 Å². The van der Waals surface area contributed by atoms with Crippen LogP contribution in [0.25, 0.3) is 0 Å². The maximum atomic E-state index is 12.1. The van der Waals surface area contributed by atoms with E-state index in [-0.39, 0.29) is 23.5 Å². The number of carbonyl (C=O) groups excluding carboxylic acids is 1. The molecule has 1 saturated carbocycles. The summed E-state index contributed by atoms with van der Waals surface area (Å²) in [6.45, 7) is 3.32. The van der Waals surface area contributed by atoms with Crippen LogP contribution < -0.4 is 11.1 Å². The molecule has 2 fully saturated rings. The largest absolute Gasteiger partial charge is 0.376 e. The zero-order valence-corrected chi connectivity index (χ0v) is 10.00. The Morgan fingerprint density at radius 2 is 2.31 bits per heavy atom. The Morgan fingerprint density at radius 1 is 1.56 bits per heavy atom. The van der Waals surface area contributed by atoms with Crippen molar-refractivity contribution in [3.05, 3.63) is 0 Å². The van der Waals surface area contributed by atoms with Gasteiger partial charge >= 0.3 is 0 Å². The molecule has 2 aliphatic rings. The third kappa shape index (κ3) is 2.09. The third-order valence-electron chi connectivity index (χ3n) is 4.06. The van der Waals surface area contributed by atoms with Crippen LogP contribution in [-0.4, -0.2) is 31.2 Å². The van der Waals surface area contributed by atoms with Gasteiger partial charge in [-0.15, -0.1) is 0 Å². The first-order valence-electron chi connectivity index (χ1n) is 6.31. The number of nitrogens with one attached hydrogen (secondary N) is 1. The molecule has 0 aromatic carbocycles. The van der Waals surface area contributed by atoms with Crippen LogP contribution in [0.4, 0.5) is 0 Å². The maximum absolute atomic E-state index is 12.1. The van der Waals surface area contributed by atoms with Gasteiger partial charge in [0.2, 0.25) is 5.91 Å². The van der Waals surface area contributed by atoms with Crippen LogP contribution >= 0.6 is 0 Å². The normalized spacial score (nSPS) is 29.5. The molecule has 0 bridgehead atoms. The van der Waals surface area contributed by atoms with Gasteiger partial charge in [-0.05, 0) is 32.6 Å². The molecule has 2 unspecified atom stereocenters. The summed E-state index contributed by atoms with van der Waals surface area (Å²) >= 11 is 0. The maximum Gasteiger partial charge on any atom is 0.227 e. The Balaban J connectivity index is 1.86. The smallest absolute Gasteiger partial charge is 0.227 e. The molecule has 1 saturated heterocycles. The average Bonchev–Trinajstić information content (AvgIpc) is 2.69. The Labute approximate surface area is 96.9 Å². The fraction of sp³-hybridized carbons (Fsp3) is 0.917. The Kier molecular flexibility index (Phi) is 3.50. The van der Waals surface area contributed by atoms with Gasteiger partial charge in [0.1, 0.15) is 0 Å². The van der Waals surface area contributed by atoms with E-state index >= 15 is 0 Å². The second-order valence-electron chi connectivity index (χ2n) is 5.15. The van der Waals surface area contributed by atoms with Gasteiger partial charge in [-0.2, -0.15) is 0 Å². The highest BCUT2D eigenvalue weighted by molar-refractivity contribution is 5.84. The number of hydrogen-bond acceptors (Lipinski definition) is 3. The van der Waals surface area contributed by atoms with Crippen LogP contribution in [0.5, 0.6) is 0 Å². The van der Waals surface area contributed by atoms with Crippen LogP contribution in [0.3, 0.4) is 0 Å². The highest BCUT2D eigenvalue weighted by Gasteiger charge is 2.43. The van der Waals surface area contributed by atoms with Crippen LogP contribution in [0.2, 0.25) is 0 Å². The summed E-state index contributed by atoms with van der Waals surface area (Å²) in [7, 11) is 0. The van der Waals surface area contributed by atoms with Gasteiger partial charge in [0.15, 0.2) is 0 Å². The highest BCUT2D eigenvalue weighted by Crippen LogP contribution is 2.40. The predicted molar refractivity (Wildman–Crippen MR) is 61.9 cm³/mol. The molecular weight excluding hydrogens is 204 g/mol.